The normalized spacial score (nSPS) is 29.7. The second-order valence-corrected chi connectivity index (χ2v) is 8.90. The van der Waals surface area contributed by atoms with Crippen LogP contribution in [0.25, 0.3) is 0 Å². The van der Waals surface area contributed by atoms with Gasteiger partial charge in [-0.1, -0.05) is 12.1 Å². The topological polar surface area (TPSA) is 119 Å². The average molecular weight is 435 g/mol. The maximum atomic E-state index is 6.67. The largest absolute Gasteiger partial charge is 0.497 e. The second kappa shape index (κ2) is 12.7. The number of nitrogens with two attached hydrogens (primary N) is 1. The Morgan fingerprint density at radius 3 is 1.58 bits per heavy atom. The standard InChI is InChI=1S/C22H42N8O/c1-31-20-4-2-19(3-5-20)12-30-22-16-27-9-6-24-13-21(23,14-25-7-10-28-17-22)15-26-8-11-29-18-22/h2-5,24-30H,6-18,23H2,1H3. The molecule has 3 aliphatic heterocycles. The first-order valence-electron chi connectivity index (χ1n) is 11.5. The van der Waals surface area contributed by atoms with E-state index in [0.29, 0.717) is 0 Å². The van der Waals surface area contributed by atoms with E-state index in [2.05, 4.69) is 49.4 Å². The van der Waals surface area contributed by atoms with Crippen LogP contribution in [0.1, 0.15) is 5.56 Å². The predicted octanol–water partition coefficient (Wildman–Crippen LogP) is -2.21. The van der Waals surface area contributed by atoms with Gasteiger partial charge in [0, 0.05) is 85.1 Å². The second-order valence-electron chi connectivity index (χ2n) is 8.90. The van der Waals surface area contributed by atoms with Crippen LogP contribution in [0.2, 0.25) is 0 Å². The van der Waals surface area contributed by atoms with Gasteiger partial charge in [-0.2, -0.15) is 0 Å². The Kier molecular flexibility index (Phi) is 9.95. The van der Waals surface area contributed by atoms with E-state index in [1.807, 2.05) is 12.1 Å². The zero-order chi connectivity index (χ0) is 21.8. The molecule has 3 aliphatic rings. The van der Waals surface area contributed by atoms with E-state index in [1.54, 1.807) is 7.11 Å². The zero-order valence-corrected chi connectivity index (χ0v) is 19.0. The molecule has 0 amide bonds. The minimum absolute atomic E-state index is 0.105. The highest BCUT2D eigenvalue weighted by molar-refractivity contribution is 5.27. The summed E-state index contributed by atoms with van der Waals surface area (Å²) in [5, 5.41) is 25.5. The summed E-state index contributed by atoms with van der Waals surface area (Å²) in [6, 6.07) is 8.29. The molecule has 9 nitrogen and oxygen atoms in total. The van der Waals surface area contributed by atoms with Gasteiger partial charge in [-0.25, -0.2) is 0 Å². The van der Waals surface area contributed by atoms with Crippen LogP contribution < -0.4 is 47.7 Å². The Morgan fingerprint density at radius 2 is 1.16 bits per heavy atom. The zero-order valence-electron chi connectivity index (χ0n) is 19.0. The highest BCUT2D eigenvalue weighted by Gasteiger charge is 2.30. The fourth-order valence-corrected chi connectivity index (χ4v) is 4.12. The van der Waals surface area contributed by atoms with Crippen molar-refractivity contribution >= 4 is 0 Å². The summed E-state index contributed by atoms with van der Waals surface area (Å²) in [5.74, 6) is 0.886. The van der Waals surface area contributed by atoms with Gasteiger partial charge < -0.3 is 47.7 Å². The van der Waals surface area contributed by atoms with Crippen LogP contribution in [0.4, 0.5) is 0 Å². The Morgan fingerprint density at radius 1 is 0.742 bits per heavy atom. The van der Waals surface area contributed by atoms with Crippen molar-refractivity contribution in [3.63, 3.8) is 0 Å². The molecular formula is C22H42N8O. The summed E-state index contributed by atoms with van der Waals surface area (Å²) in [6.07, 6.45) is 0. The lowest BCUT2D eigenvalue weighted by Crippen LogP contribution is -2.66. The molecule has 0 aromatic heterocycles. The van der Waals surface area contributed by atoms with Gasteiger partial charge in [0.2, 0.25) is 0 Å². The molecule has 3 saturated heterocycles. The quantitative estimate of drug-likeness (QED) is 0.267. The van der Waals surface area contributed by atoms with E-state index in [0.717, 1.165) is 90.8 Å². The Hall–Kier alpha value is -1.30. The van der Waals surface area contributed by atoms with Gasteiger partial charge in [0.25, 0.3) is 0 Å². The molecule has 3 fully saturated rings. The third-order valence-electron chi connectivity index (χ3n) is 6.08. The average Bonchev–Trinajstić information content (AvgIpc) is 2.79. The van der Waals surface area contributed by atoms with Gasteiger partial charge in [0.15, 0.2) is 0 Å². The van der Waals surface area contributed by atoms with Crippen LogP contribution in [0.3, 0.4) is 0 Å². The predicted molar refractivity (Wildman–Crippen MR) is 127 cm³/mol. The minimum atomic E-state index is -0.294. The van der Waals surface area contributed by atoms with Gasteiger partial charge in [-0.05, 0) is 17.7 Å². The molecule has 4 rings (SSSR count). The van der Waals surface area contributed by atoms with Crippen molar-refractivity contribution in [1.29, 1.82) is 0 Å². The fraction of sp³-hybridized carbons (Fsp3) is 0.727. The lowest BCUT2D eigenvalue weighted by molar-refractivity contribution is 0.269. The number of fused-ring (bicyclic) bond motifs is 15. The fourth-order valence-electron chi connectivity index (χ4n) is 4.12. The van der Waals surface area contributed by atoms with Gasteiger partial charge in [-0.15, -0.1) is 0 Å². The van der Waals surface area contributed by atoms with Gasteiger partial charge in [0.1, 0.15) is 5.75 Å². The van der Waals surface area contributed by atoms with Gasteiger partial charge >= 0.3 is 0 Å². The first-order chi connectivity index (χ1) is 15.1. The first kappa shape index (κ1) is 24.3. The minimum Gasteiger partial charge on any atom is -0.497 e. The third-order valence-corrected chi connectivity index (χ3v) is 6.08. The van der Waals surface area contributed by atoms with Crippen molar-refractivity contribution in [2.24, 2.45) is 5.73 Å². The summed E-state index contributed by atoms with van der Waals surface area (Å²) < 4.78 is 5.29. The highest BCUT2D eigenvalue weighted by Crippen LogP contribution is 2.12. The summed E-state index contributed by atoms with van der Waals surface area (Å²) in [6.45, 7) is 11.2. The van der Waals surface area contributed by atoms with Crippen molar-refractivity contribution < 1.29 is 4.74 Å². The molecule has 0 unspecified atom stereocenters. The van der Waals surface area contributed by atoms with E-state index < -0.39 is 0 Å². The van der Waals surface area contributed by atoms with E-state index in [-0.39, 0.29) is 11.1 Å². The number of hydrogen-bond acceptors (Lipinski definition) is 9. The Bertz CT molecular complexity index is 583. The summed E-state index contributed by atoms with van der Waals surface area (Å²) in [7, 11) is 1.70. The van der Waals surface area contributed by atoms with E-state index in [4.69, 9.17) is 10.5 Å². The monoisotopic (exact) mass is 434 g/mol. The summed E-state index contributed by atoms with van der Waals surface area (Å²) in [5.41, 5.74) is 7.52. The van der Waals surface area contributed by atoms with Crippen LogP contribution >= 0.6 is 0 Å². The number of nitrogens with one attached hydrogen (secondary N) is 7. The molecule has 2 bridgehead atoms. The van der Waals surface area contributed by atoms with E-state index in [9.17, 15) is 0 Å². The lowest BCUT2D eigenvalue weighted by Gasteiger charge is -2.37. The molecule has 0 saturated carbocycles. The molecule has 9 N–H and O–H groups in total. The van der Waals surface area contributed by atoms with Crippen molar-refractivity contribution in [2.45, 2.75) is 17.6 Å². The third kappa shape index (κ3) is 8.28. The Balaban J connectivity index is 1.70. The summed E-state index contributed by atoms with van der Waals surface area (Å²) in [4.78, 5) is 0. The number of hydrogen-bond donors (Lipinski definition) is 8. The van der Waals surface area contributed by atoms with Gasteiger partial charge in [0.05, 0.1) is 18.2 Å². The summed E-state index contributed by atoms with van der Waals surface area (Å²) >= 11 is 0. The molecular weight excluding hydrogens is 392 g/mol. The number of rotatable bonds is 4. The molecule has 9 heteroatoms. The molecule has 0 aliphatic carbocycles. The molecule has 0 radical (unpaired) electrons. The SMILES string of the molecule is COc1ccc(CNC23CNCCNCC(N)(CNCCNC2)CNCCNC3)cc1. The van der Waals surface area contributed by atoms with Crippen molar-refractivity contribution in [1.82, 2.24) is 37.2 Å². The molecule has 176 valence electrons. The highest BCUT2D eigenvalue weighted by atomic mass is 16.5. The maximum absolute atomic E-state index is 6.67. The van der Waals surface area contributed by atoms with E-state index in [1.165, 1.54) is 5.56 Å². The molecule has 31 heavy (non-hydrogen) atoms. The van der Waals surface area contributed by atoms with Crippen molar-refractivity contribution in [3.8, 4) is 5.75 Å². The van der Waals surface area contributed by atoms with Crippen LogP contribution in [0, 0.1) is 0 Å². The van der Waals surface area contributed by atoms with Crippen LogP contribution in [-0.2, 0) is 6.54 Å². The lowest BCUT2D eigenvalue weighted by atomic mass is 9.97. The Labute approximate surface area is 187 Å². The molecule has 0 spiro atoms. The number of methoxy groups -OCH3 is 1. The molecule has 3 heterocycles. The van der Waals surface area contributed by atoms with Crippen LogP contribution in [-0.4, -0.2) is 96.7 Å². The van der Waals surface area contributed by atoms with Gasteiger partial charge in [-0.3, -0.25) is 0 Å². The van der Waals surface area contributed by atoms with Crippen molar-refractivity contribution in [3.05, 3.63) is 29.8 Å². The van der Waals surface area contributed by atoms with Crippen molar-refractivity contribution in [2.75, 3.05) is 85.6 Å². The first-order valence-corrected chi connectivity index (χ1v) is 11.5. The van der Waals surface area contributed by atoms with Crippen LogP contribution in [0.15, 0.2) is 24.3 Å². The van der Waals surface area contributed by atoms with Crippen LogP contribution in [0.5, 0.6) is 5.75 Å². The van der Waals surface area contributed by atoms with E-state index >= 15 is 0 Å². The molecule has 1 aromatic rings. The molecule has 0 atom stereocenters. The smallest absolute Gasteiger partial charge is 0.118 e. The molecule has 1 aromatic carbocycles. The number of ether oxygens (including phenoxy) is 1. The maximum Gasteiger partial charge on any atom is 0.118 e. The number of benzene rings is 1.